The molecule has 2 aliphatic rings. The minimum atomic E-state index is -0.0278. The van der Waals surface area contributed by atoms with Crippen LogP contribution in [0.15, 0.2) is 30.3 Å². The lowest BCUT2D eigenvalue weighted by Gasteiger charge is -2.26. The molecular formula is C31H52N2O4. The molecule has 2 aliphatic heterocycles. The van der Waals surface area contributed by atoms with Gasteiger partial charge in [-0.1, -0.05) is 71.9 Å². The van der Waals surface area contributed by atoms with E-state index >= 15 is 0 Å². The third-order valence-corrected chi connectivity index (χ3v) is 8.58. The highest BCUT2D eigenvalue weighted by atomic mass is 16.5. The van der Waals surface area contributed by atoms with Crippen molar-refractivity contribution in [2.45, 2.75) is 61.9 Å². The Morgan fingerprint density at radius 1 is 0.811 bits per heavy atom. The first-order chi connectivity index (χ1) is 17.6. The number of likely N-dealkylation sites (tertiary alicyclic amines) is 1. The first-order valence-electron chi connectivity index (χ1n) is 14.4. The Balaban J connectivity index is 0.000000281. The van der Waals surface area contributed by atoms with Crippen LogP contribution in [0, 0.1) is 47.3 Å². The average molecular weight is 517 g/mol. The molecule has 6 heteroatoms. The van der Waals surface area contributed by atoms with Crippen molar-refractivity contribution in [1.29, 1.82) is 0 Å². The number of nitrogens with one attached hydrogen (secondary N) is 1. The van der Waals surface area contributed by atoms with E-state index in [4.69, 9.17) is 9.47 Å². The van der Waals surface area contributed by atoms with E-state index in [1.165, 1.54) is 5.56 Å². The third kappa shape index (κ3) is 9.10. The molecule has 210 valence electrons. The van der Waals surface area contributed by atoms with Gasteiger partial charge in [-0.2, -0.15) is 0 Å². The summed E-state index contributed by atoms with van der Waals surface area (Å²) >= 11 is 0. The number of esters is 2. The number of ether oxygens (including phenoxy) is 2. The van der Waals surface area contributed by atoms with Crippen molar-refractivity contribution in [3.8, 4) is 0 Å². The minimum absolute atomic E-state index is 0.0149. The van der Waals surface area contributed by atoms with Crippen LogP contribution in [0.25, 0.3) is 0 Å². The first-order valence-corrected chi connectivity index (χ1v) is 14.4. The summed E-state index contributed by atoms with van der Waals surface area (Å²) in [6.45, 7) is 22.6. The zero-order valence-corrected chi connectivity index (χ0v) is 24.5. The SMILES string of the molecule is CCOC(=O)C1CN(Cc2ccccc2)C[C@H]1C(C)C(C)C.CCOC(=O)C1CNC[C@H]1C(C)C(C)C. The monoisotopic (exact) mass is 516 g/mol. The lowest BCUT2D eigenvalue weighted by atomic mass is 9.79. The summed E-state index contributed by atoms with van der Waals surface area (Å²) in [6, 6.07) is 10.5. The molecule has 3 rings (SSSR count). The number of nitrogens with zero attached hydrogens (tertiary/aromatic N) is 1. The molecule has 0 aromatic heterocycles. The molecule has 0 radical (unpaired) electrons. The maximum atomic E-state index is 12.3. The van der Waals surface area contributed by atoms with Gasteiger partial charge in [0.1, 0.15) is 0 Å². The normalized spacial score (nSPS) is 25.5. The van der Waals surface area contributed by atoms with Crippen LogP contribution >= 0.6 is 0 Å². The molecule has 0 spiro atoms. The number of hydrogen-bond donors (Lipinski definition) is 1. The molecule has 2 fully saturated rings. The summed E-state index contributed by atoms with van der Waals surface area (Å²) in [7, 11) is 0. The predicted octanol–water partition coefficient (Wildman–Crippen LogP) is 5.27. The lowest BCUT2D eigenvalue weighted by Crippen LogP contribution is -2.30. The van der Waals surface area contributed by atoms with E-state index in [0.717, 1.165) is 32.7 Å². The Hall–Kier alpha value is -1.92. The van der Waals surface area contributed by atoms with Crippen LogP contribution in [-0.4, -0.2) is 56.2 Å². The molecule has 37 heavy (non-hydrogen) atoms. The molecule has 0 aliphatic carbocycles. The molecule has 0 saturated carbocycles. The largest absolute Gasteiger partial charge is 0.466 e. The van der Waals surface area contributed by atoms with E-state index in [1.54, 1.807) is 0 Å². The molecule has 1 N–H and O–H groups in total. The van der Waals surface area contributed by atoms with Crippen LogP contribution in [0.2, 0.25) is 0 Å². The smallest absolute Gasteiger partial charge is 0.310 e. The van der Waals surface area contributed by atoms with Crippen LogP contribution in [0.1, 0.15) is 61.0 Å². The van der Waals surface area contributed by atoms with E-state index in [1.807, 2.05) is 19.9 Å². The minimum Gasteiger partial charge on any atom is -0.466 e. The van der Waals surface area contributed by atoms with Crippen LogP contribution in [0.3, 0.4) is 0 Å². The molecule has 1 aromatic carbocycles. The first kappa shape index (κ1) is 31.3. The zero-order valence-electron chi connectivity index (χ0n) is 24.5. The van der Waals surface area contributed by atoms with Gasteiger partial charge in [-0.3, -0.25) is 14.5 Å². The number of hydrogen-bond acceptors (Lipinski definition) is 6. The van der Waals surface area contributed by atoms with Crippen LogP contribution < -0.4 is 5.32 Å². The van der Waals surface area contributed by atoms with E-state index in [9.17, 15) is 9.59 Å². The van der Waals surface area contributed by atoms with Gasteiger partial charge >= 0.3 is 11.9 Å². The quantitative estimate of drug-likeness (QED) is 0.428. The van der Waals surface area contributed by atoms with Crippen LogP contribution in [0.4, 0.5) is 0 Å². The molecule has 2 heterocycles. The van der Waals surface area contributed by atoms with E-state index in [2.05, 4.69) is 76.0 Å². The summed E-state index contributed by atoms with van der Waals surface area (Å²) in [6.07, 6.45) is 0. The summed E-state index contributed by atoms with van der Waals surface area (Å²) in [5.74, 6) is 3.14. The highest BCUT2D eigenvalue weighted by Gasteiger charge is 2.42. The number of rotatable bonds is 10. The van der Waals surface area contributed by atoms with E-state index in [-0.39, 0.29) is 23.8 Å². The van der Waals surface area contributed by atoms with Crippen molar-refractivity contribution >= 4 is 11.9 Å². The molecule has 2 saturated heterocycles. The van der Waals surface area contributed by atoms with Gasteiger partial charge in [0, 0.05) is 26.2 Å². The van der Waals surface area contributed by atoms with Gasteiger partial charge in [0.15, 0.2) is 0 Å². The van der Waals surface area contributed by atoms with Gasteiger partial charge in [0.2, 0.25) is 0 Å². The Kier molecular flexibility index (Phi) is 13.1. The van der Waals surface area contributed by atoms with Gasteiger partial charge in [0.05, 0.1) is 25.0 Å². The number of benzene rings is 1. The maximum absolute atomic E-state index is 12.3. The Morgan fingerprint density at radius 3 is 1.89 bits per heavy atom. The second-order valence-corrected chi connectivity index (χ2v) is 11.6. The Bertz CT molecular complexity index is 813. The molecule has 1 aromatic rings. The van der Waals surface area contributed by atoms with Crippen LogP contribution in [-0.2, 0) is 25.6 Å². The molecule has 0 bridgehead atoms. The van der Waals surface area contributed by atoms with Crippen molar-refractivity contribution in [3.63, 3.8) is 0 Å². The second-order valence-electron chi connectivity index (χ2n) is 11.6. The summed E-state index contributed by atoms with van der Waals surface area (Å²) in [4.78, 5) is 26.5. The summed E-state index contributed by atoms with van der Waals surface area (Å²) < 4.78 is 10.4. The molecule has 6 nitrogen and oxygen atoms in total. The van der Waals surface area contributed by atoms with Crippen molar-refractivity contribution < 1.29 is 19.1 Å². The molecule has 6 atom stereocenters. The predicted molar refractivity (Wildman–Crippen MR) is 150 cm³/mol. The summed E-state index contributed by atoms with van der Waals surface area (Å²) in [5.41, 5.74) is 1.31. The molecular weight excluding hydrogens is 464 g/mol. The Labute approximate surface area is 225 Å². The maximum Gasteiger partial charge on any atom is 0.310 e. The second kappa shape index (κ2) is 15.5. The van der Waals surface area contributed by atoms with E-state index in [0.29, 0.717) is 48.7 Å². The highest BCUT2D eigenvalue weighted by Crippen LogP contribution is 2.35. The van der Waals surface area contributed by atoms with Gasteiger partial charge in [-0.15, -0.1) is 0 Å². The standard InChI is InChI=1S/C19H29NO2.C12H23NO2/c1-5-22-19(21)18-13-20(11-16-9-7-6-8-10-16)12-17(18)15(4)14(2)3;1-5-15-12(14)11-7-13-6-10(11)9(4)8(2)3/h6-10,14-15,17-18H,5,11-13H2,1-4H3;8-11,13H,5-7H2,1-4H3/t15?,17-,18?;9?,10-,11?/m00/s1. The summed E-state index contributed by atoms with van der Waals surface area (Å²) in [5, 5.41) is 3.30. The lowest BCUT2D eigenvalue weighted by molar-refractivity contribution is -0.150. The van der Waals surface area contributed by atoms with Gasteiger partial charge < -0.3 is 14.8 Å². The zero-order chi connectivity index (χ0) is 27.5. The van der Waals surface area contributed by atoms with Crippen molar-refractivity contribution in [2.24, 2.45) is 47.3 Å². The van der Waals surface area contributed by atoms with Crippen molar-refractivity contribution in [3.05, 3.63) is 35.9 Å². The van der Waals surface area contributed by atoms with Gasteiger partial charge in [0.25, 0.3) is 0 Å². The number of carbonyl (C=O) groups is 2. The van der Waals surface area contributed by atoms with Gasteiger partial charge in [-0.25, -0.2) is 0 Å². The molecule has 4 unspecified atom stereocenters. The highest BCUT2D eigenvalue weighted by molar-refractivity contribution is 5.74. The topological polar surface area (TPSA) is 67.9 Å². The van der Waals surface area contributed by atoms with Gasteiger partial charge in [-0.05, 0) is 61.5 Å². The fourth-order valence-corrected chi connectivity index (χ4v) is 5.66. The number of carbonyl (C=O) groups excluding carboxylic acids is 2. The average Bonchev–Trinajstić information content (AvgIpc) is 3.52. The van der Waals surface area contributed by atoms with Crippen molar-refractivity contribution in [1.82, 2.24) is 10.2 Å². The van der Waals surface area contributed by atoms with Crippen LogP contribution in [0.5, 0.6) is 0 Å². The third-order valence-electron chi connectivity index (χ3n) is 8.58. The Morgan fingerprint density at radius 2 is 1.35 bits per heavy atom. The molecule has 0 amide bonds. The fraction of sp³-hybridized carbons (Fsp3) is 0.742. The fourth-order valence-electron chi connectivity index (χ4n) is 5.66. The van der Waals surface area contributed by atoms with Crippen molar-refractivity contribution in [2.75, 3.05) is 39.4 Å². The van der Waals surface area contributed by atoms with E-state index < -0.39 is 0 Å².